The topological polar surface area (TPSA) is 59.2 Å². The maximum atomic E-state index is 10.2. The molecule has 0 radical (unpaired) electrons. The van der Waals surface area contributed by atoms with Gasteiger partial charge >= 0.3 is 0 Å². The Morgan fingerprint density at radius 3 is 2.78 bits per heavy atom. The van der Waals surface area contributed by atoms with Crippen LogP contribution in [0.5, 0.6) is 0 Å². The Morgan fingerprint density at radius 1 is 1.39 bits per heavy atom. The first-order valence-electron chi connectivity index (χ1n) is 5.89. The van der Waals surface area contributed by atoms with Gasteiger partial charge in [-0.05, 0) is 24.3 Å². The van der Waals surface area contributed by atoms with Gasteiger partial charge in [0, 0.05) is 5.75 Å². The van der Waals surface area contributed by atoms with Crippen molar-refractivity contribution in [3.05, 3.63) is 17.5 Å². The van der Waals surface area contributed by atoms with Crippen LogP contribution in [-0.4, -0.2) is 26.7 Å². The van der Waals surface area contributed by atoms with Crippen LogP contribution in [0.1, 0.15) is 26.7 Å². The third-order valence-corrected chi connectivity index (χ3v) is 4.87. The zero-order chi connectivity index (χ0) is 13.0. The largest absolute Gasteiger partial charge is 0.410 e. The van der Waals surface area contributed by atoms with Crippen LogP contribution in [0.15, 0.2) is 27.2 Å². The van der Waals surface area contributed by atoms with Crippen molar-refractivity contribution in [3.63, 3.8) is 0 Å². The summed E-state index contributed by atoms with van der Waals surface area (Å²) in [6.07, 6.45) is 1.45. The summed E-state index contributed by atoms with van der Waals surface area (Å²) < 4.78 is 5.55. The normalized spacial score (nSPS) is 11.9. The number of nitrogens with zero attached hydrogens (tertiary/aromatic N) is 2. The average Bonchev–Trinajstić information content (AvgIpc) is 3.06. The predicted octanol–water partition coefficient (Wildman–Crippen LogP) is 3.44. The zero-order valence-corrected chi connectivity index (χ0v) is 12.1. The fraction of sp³-hybridized carbons (Fsp3) is 0.500. The van der Waals surface area contributed by atoms with Crippen molar-refractivity contribution >= 4 is 23.1 Å². The van der Waals surface area contributed by atoms with Gasteiger partial charge in [0.15, 0.2) is 0 Å². The van der Waals surface area contributed by atoms with Gasteiger partial charge in [-0.2, -0.15) is 0 Å². The minimum Gasteiger partial charge on any atom is -0.410 e. The van der Waals surface area contributed by atoms with Crippen LogP contribution in [0.3, 0.4) is 0 Å². The van der Waals surface area contributed by atoms with Crippen LogP contribution in [-0.2, 0) is 0 Å². The van der Waals surface area contributed by atoms with E-state index in [1.54, 1.807) is 11.3 Å². The van der Waals surface area contributed by atoms with Gasteiger partial charge in [0.1, 0.15) is 0 Å². The van der Waals surface area contributed by atoms with E-state index < -0.39 is 5.60 Å². The Kier molecular flexibility index (Phi) is 4.42. The fourth-order valence-electron chi connectivity index (χ4n) is 1.42. The van der Waals surface area contributed by atoms with Crippen molar-refractivity contribution in [3.8, 4) is 10.8 Å². The molecule has 0 aliphatic heterocycles. The van der Waals surface area contributed by atoms with Gasteiger partial charge in [0.2, 0.25) is 0 Å². The van der Waals surface area contributed by atoms with Gasteiger partial charge in [-0.15, -0.1) is 21.5 Å². The molecule has 98 valence electrons. The smallest absolute Gasteiger partial charge is 0.276 e. The fourth-order valence-corrected chi connectivity index (χ4v) is 3.10. The second kappa shape index (κ2) is 5.86. The Bertz CT molecular complexity index is 478. The van der Waals surface area contributed by atoms with Crippen molar-refractivity contribution in [1.29, 1.82) is 0 Å². The van der Waals surface area contributed by atoms with Crippen LogP contribution in [0, 0.1) is 0 Å². The summed E-state index contributed by atoms with van der Waals surface area (Å²) in [5.74, 6) is 1.12. The lowest BCUT2D eigenvalue weighted by atomic mass is 10.0. The van der Waals surface area contributed by atoms with Gasteiger partial charge in [0.05, 0.1) is 10.5 Å². The minimum absolute atomic E-state index is 0.513. The van der Waals surface area contributed by atoms with Gasteiger partial charge in [-0.1, -0.05) is 31.7 Å². The third kappa shape index (κ3) is 3.13. The summed E-state index contributed by atoms with van der Waals surface area (Å²) in [6, 6.07) is 3.89. The molecule has 0 amide bonds. The minimum atomic E-state index is -0.651. The molecule has 2 heterocycles. The average molecular weight is 284 g/mol. The van der Waals surface area contributed by atoms with Crippen LogP contribution >= 0.6 is 23.1 Å². The highest BCUT2D eigenvalue weighted by Gasteiger charge is 2.23. The molecule has 1 N–H and O–H groups in total. The van der Waals surface area contributed by atoms with Gasteiger partial charge in [-0.25, -0.2) is 0 Å². The summed E-state index contributed by atoms with van der Waals surface area (Å²) in [5, 5.41) is 20.6. The number of hydrogen-bond donors (Lipinski definition) is 1. The Labute approximate surface area is 114 Å². The van der Waals surface area contributed by atoms with Crippen molar-refractivity contribution in [2.45, 2.75) is 37.5 Å². The number of hydrogen-bond acceptors (Lipinski definition) is 6. The quantitative estimate of drug-likeness (QED) is 0.823. The molecule has 0 saturated carbocycles. The molecule has 6 heteroatoms. The summed E-state index contributed by atoms with van der Waals surface area (Å²) in [4.78, 5) is 0.968. The summed E-state index contributed by atoms with van der Waals surface area (Å²) in [5.41, 5.74) is -0.651. The maximum Gasteiger partial charge on any atom is 0.276 e. The standard InChI is InChI=1S/C12H16N2O2S2/c1-3-12(15,4-2)8-18-11-14-13-10(16-11)9-6-5-7-17-9/h5-7,15H,3-4,8H2,1-2H3. The van der Waals surface area contributed by atoms with Crippen molar-refractivity contribution < 1.29 is 9.52 Å². The van der Waals surface area contributed by atoms with Crippen molar-refractivity contribution in [2.75, 3.05) is 5.75 Å². The van der Waals surface area contributed by atoms with E-state index in [1.165, 1.54) is 11.8 Å². The number of aromatic nitrogens is 2. The van der Waals surface area contributed by atoms with Gasteiger partial charge in [-0.3, -0.25) is 0 Å². The number of thioether (sulfide) groups is 1. The lowest BCUT2D eigenvalue weighted by Gasteiger charge is -2.23. The molecule has 0 bridgehead atoms. The third-order valence-electron chi connectivity index (χ3n) is 2.92. The van der Waals surface area contributed by atoms with Crippen LogP contribution in [0.2, 0.25) is 0 Å². The lowest BCUT2D eigenvalue weighted by Crippen LogP contribution is -2.29. The molecule has 2 aromatic heterocycles. The molecule has 0 aliphatic carbocycles. The van der Waals surface area contributed by atoms with E-state index >= 15 is 0 Å². The zero-order valence-electron chi connectivity index (χ0n) is 10.4. The summed E-state index contributed by atoms with van der Waals surface area (Å²) >= 11 is 2.98. The summed E-state index contributed by atoms with van der Waals surface area (Å²) in [6.45, 7) is 3.96. The molecule has 0 spiro atoms. The van der Waals surface area contributed by atoms with Crippen molar-refractivity contribution in [2.24, 2.45) is 0 Å². The van der Waals surface area contributed by atoms with E-state index in [2.05, 4.69) is 10.2 Å². The lowest BCUT2D eigenvalue weighted by molar-refractivity contribution is 0.0570. The molecule has 18 heavy (non-hydrogen) atoms. The van der Waals surface area contributed by atoms with Crippen molar-refractivity contribution in [1.82, 2.24) is 10.2 Å². The molecule has 0 fully saturated rings. The molecular formula is C12H16N2O2S2. The van der Waals surface area contributed by atoms with E-state index in [9.17, 15) is 5.11 Å². The molecule has 0 aliphatic rings. The molecular weight excluding hydrogens is 268 g/mol. The second-order valence-electron chi connectivity index (χ2n) is 4.07. The van der Waals surface area contributed by atoms with E-state index in [-0.39, 0.29) is 0 Å². The molecule has 0 atom stereocenters. The van der Waals surface area contributed by atoms with Gasteiger partial charge < -0.3 is 9.52 Å². The summed E-state index contributed by atoms with van der Waals surface area (Å²) in [7, 11) is 0. The Hall–Kier alpha value is -0.850. The molecule has 0 saturated heterocycles. The second-order valence-corrected chi connectivity index (χ2v) is 5.94. The first-order chi connectivity index (χ1) is 8.67. The molecule has 0 aromatic carbocycles. The highest BCUT2D eigenvalue weighted by molar-refractivity contribution is 7.99. The molecule has 0 unspecified atom stereocenters. The number of aliphatic hydroxyl groups is 1. The van der Waals surface area contributed by atoms with Crippen LogP contribution in [0.4, 0.5) is 0 Å². The Balaban J connectivity index is 1.99. The highest BCUT2D eigenvalue weighted by atomic mass is 32.2. The van der Waals surface area contributed by atoms with Crippen LogP contribution < -0.4 is 0 Å². The highest BCUT2D eigenvalue weighted by Crippen LogP contribution is 2.29. The van der Waals surface area contributed by atoms with E-state index in [0.29, 0.717) is 16.9 Å². The van der Waals surface area contributed by atoms with Gasteiger partial charge in [0.25, 0.3) is 11.1 Å². The first-order valence-corrected chi connectivity index (χ1v) is 7.76. The van der Waals surface area contributed by atoms with E-state index in [4.69, 9.17) is 4.42 Å². The maximum absolute atomic E-state index is 10.2. The monoisotopic (exact) mass is 284 g/mol. The number of rotatable bonds is 6. The molecule has 4 nitrogen and oxygen atoms in total. The Morgan fingerprint density at radius 2 is 2.17 bits per heavy atom. The van der Waals surface area contributed by atoms with Crippen LogP contribution in [0.25, 0.3) is 10.8 Å². The first kappa shape index (κ1) is 13.6. The predicted molar refractivity (Wildman–Crippen MR) is 73.9 cm³/mol. The van der Waals surface area contributed by atoms with E-state index in [1.807, 2.05) is 31.4 Å². The number of thiophene rings is 1. The molecule has 2 aromatic rings. The molecule has 2 rings (SSSR count). The SMILES string of the molecule is CCC(O)(CC)CSc1nnc(-c2cccs2)o1. The van der Waals surface area contributed by atoms with E-state index in [0.717, 1.165) is 17.7 Å².